The Morgan fingerprint density at radius 3 is 2.50 bits per heavy atom. The van der Waals surface area contributed by atoms with Crippen molar-refractivity contribution < 1.29 is 14.3 Å². The van der Waals surface area contributed by atoms with Crippen molar-refractivity contribution >= 4 is 51.2 Å². The molecule has 0 unspecified atom stereocenters. The van der Waals surface area contributed by atoms with Gasteiger partial charge in [-0.1, -0.05) is 29.3 Å². The fourth-order valence-corrected chi connectivity index (χ4v) is 3.47. The molecule has 0 aliphatic heterocycles. The molecule has 0 saturated heterocycles. The molecule has 3 rings (SSSR count). The summed E-state index contributed by atoms with van der Waals surface area (Å²) in [6.07, 6.45) is 1.51. The first kappa shape index (κ1) is 23.5. The highest BCUT2D eigenvalue weighted by molar-refractivity contribution is 9.10. The summed E-state index contributed by atoms with van der Waals surface area (Å²) in [5.41, 5.74) is 6.54. The van der Waals surface area contributed by atoms with E-state index in [1.807, 2.05) is 32.0 Å². The maximum absolute atomic E-state index is 12.2. The van der Waals surface area contributed by atoms with Crippen LogP contribution in [0.5, 0.6) is 5.75 Å². The normalized spacial score (nSPS) is 10.8. The van der Waals surface area contributed by atoms with Crippen LogP contribution >= 0.6 is 27.5 Å². The van der Waals surface area contributed by atoms with Crippen molar-refractivity contribution in [2.45, 2.75) is 13.8 Å². The second-order valence-electron chi connectivity index (χ2n) is 7.05. The number of anilines is 1. The molecule has 0 saturated carbocycles. The van der Waals surface area contributed by atoms with Gasteiger partial charge < -0.3 is 10.1 Å². The van der Waals surface area contributed by atoms with Gasteiger partial charge in [-0.15, -0.1) is 0 Å². The minimum absolute atomic E-state index is 0.128. The van der Waals surface area contributed by atoms with Crippen molar-refractivity contribution in [1.29, 1.82) is 0 Å². The van der Waals surface area contributed by atoms with E-state index in [9.17, 15) is 9.59 Å². The highest BCUT2D eigenvalue weighted by atomic mass is 79.9. The van der Waals surface area contributed by atoms with E-state index in [1.165, 1.54) is 6.21 Å². The number of halogens is 2. The Labute approximate surface area is 199 Å². The lowest BCUT2D eigenvalue weighted by Crippen LogP contribution is -2.20. The number of aryl methyl sites for hydroxylation is 2. The van der Waals surface area contributed by atoms with Gasteiger partial charge in [-0.25, -0.2) is 5.43 Å². The molecule has 0 spiro atoms. The predicted octanol–water partition coefficient (Wildman–Crippen LogP) is 5.50. The standard InChI is InChI=1S/C24H21BrClN3O3/c1-15-3-9-21(16(2)11-15)28-23(30)14-32-22-10-4-17(12-20(22)25)13-27-29-24(31)18-5-7-19(26)8-6-18/h3-13H,14H2,1-2H3,(H,28,30)(H,29,31)/b27-13+. The fraction of sp³-hybridized carbons (Fsp3) is 0.125. The van der Waals surface area contributed by atoms with Gasteiger partial charge >= 0.3 is 0 Å². The van der Waals surface area contributed by atoms with Crippen LogP contribution in [0.1, 0.15) is 27.0 Å². The number of amides is 2. The first-order valence-corrected chi connectivity index (χ1v) is 10.9. The zero-order valence-electron chi connectivity index (χ0n) is 17.5. The lowest BCUT2D eigenvalue weighted by Gasteiger charge is -2.11. The first-order valence-electron chi connectivity index (χ1n) is 9.70. The number of benzene rings is 3. The number of nitrogens with zero attached hydrogens (tertiary/aromatic N) is 1. The van der Waals surface area contributed by atoms with Crippen LogP contribution in [-0.4, -0.2) is 24.6 Å². The Bertz CT molecular complexity index is 1160. The predicted molar refractivity (Wildman–Crippen MR) is 131 cm³/mol. The van der Waals surface area contributed by atoms with Gasteiger partial charge in [0, 0.05) is 16.3 Å². The molecule has 0 aliphatic carbocycles. The number of nitrogens with one attached hydrogen (secondary N) is 2. The molecule has 32 heavy (non-hydrogen) atoms. The average Bonchev–Trinajstić information content (AvgIpc) is 2.75. The summed E-state index contributed by atoms with van der Waals surface area (Å²) >= 11 is 9.25. The monoisotopic (exact) mass is 513 g/mol. The number of carbonyl (C=O) groups is 2. The van der Waals surface area contributed by atoms with E-state index >= 15 is 0 Å². The third-order valence-corrected chi connectivity index (χ3v) is 5.33. The minimum atomic E-state index is -0.341. The van der Waals surface area contributed by atoms with Crippen molar-refractivity contribution in [1.82, 2.24) is 5.43 Å². The van der Waals surface area contributed by atoms with Crippen LogP contribution in [0.25, 0.3) is 0 Å². The van der Waals surface area contributed by atoms with Crippen molar-refractivity contribution in [3.05, 3.63) is 92.4 Å². The molecule has 3 aromatic rings. The van der Waals surface area contributed by atoms with Crippen LogP contribution in [0, 0.1) is 13.8 Å². The molecule has 0 fully saturated rings. The molecule has 164 valence electrons. The summed E-state index contributed by atoms with van der Waals surface area (Å²) in [5.74, 6) is -0.0747. The lowest BCUT2D eigenvalue weighted by atomic mass is 10.1. The van der Waals surface area contributed by atoms with Crippen LogP contribution in [0.15, 0.2) is 70.2 Å². The number of hydrogen-bond acceptors (Lipinski definition) is 4. The summed E-state index contributed by atoms with van der Waals surface area (Å²) in [6.45, 7) is 3.82. The highest BCUT2D eigenvalue weighted by Gasteiger charge is 2.09. The van der Waals surface area contributed by atoms with Crippen LogP contribution in [0.2, 0.25) is 5.02 Å². The Kier molecular flexibility index (Phi) is 8.03. The zero-order valence-corrected chi connectivity index (χ0v) is 19.8. The highest BCUT2D eigenvalue weighted by Crippen LogP contribution is 2.25. The summed E-state index contributed by atoms with van der Waals surface area (Å²) in [7, 11) is 0. The maximum Gasteiger partial charge on any atom is 0.271 e. The summed E-state index contributed by atoms with van der Waals surface area (Å²) in [4.78, 5) is 24.3. The third kappa shape index (κ3) is 6.67. The maximum atomic E-state index is 12.2. The molecular weight excluding hydrogens is 494 g/mol. The quantitative estimate of drug-likeness (QED) is 0.323. The van der Waals surface area contributed by atoms with Crippen LogP contribution in [0.4, 0.5) is 5.69 Å². The average molecular weight is 515 g/mol. The van der Waals surface area contributed by atoms with Gasteiger partial charge in [0.15, 0.2) is 6.61 Å². The summed E-state index contributed by atoms with van der Waals surface area (Å²) < 4.78 is 6.27. The van der Waals surface area contributed by atoms with E-state index in [2.05, 4.69) is 31.8 Å². The molecule has 0 atom stereocenters. The van der Waals surface area contributed by atoms with Crippen molar-refractivity contribution in [3.8, 4) is 5.75 Å². The SMILES string of the molecule is Cc1ccc(NC(=O)COc2ccc(/C=N/NC(=O)c3ccc(Cl)cc3)cc2Br)c(C)c1. The molecule has 2 N–H and O–H groups in total. The summed E-state index contributed by atoms with van der Waals surface area (Å²) in [5, 5.41) is 7.36. The van der Waals surface area contributed by atoms with Gasteiger partial charge in [0.2, 0.25) is 0 Å². The fourth-order valence-electron chi connectivity index (χ4n) is 2.83. The van der Waals surface area contributed by atoms with E-state index < -0.39 is 0 Å². The number of hydrazone groups is 1. The molecule has 0 aliphatic rings. The smallest absolute Gasteiger partial charge is 0.271 e. The summed E-state index contributed by atoms with van der Waals surface area (Å²) in [6, 6.07) is 17.6. The lowest BCUT2D eigenvalue weighted by molar-refractivity contribution is -0.118. The van der Waals surface area contributed by atoms with Gasteiger partial charge in [0.05, 0.1) is 10.7 Å². The molecule has 0 aromatic heterocycles. The van der Waals surface area contributed by atoms with E-state index in [0.29, 0.717) is 20.8 Å². The molecule has 6 nitrogen and oxygen atoms in total. The molecule has 0 bridgehead atoms. The van der Waals surface area contributed by atoms with Crippen LogP contribution in [0.3, 0.4) is 0 Å². The Hall–Kier alpha value is -3.16. The number of ether oxygens (including phenoxy) is 1. The first-order chi connectivity index (χ1) is 15.3. The second kappa shape index (κ2) is 10.9. The number of carbonyl (C=O) groups excluding carboxylic acids is 2. The second-order valence-corrected chi connectivity index (χ2v) is 8.34. The molecule has 8 heteroatoms. The topological polar surface area (TPSA) is 79.8 Å². The van der Waals surface area contributed by atoms with Crippen molar-refractivity contribution in [2.24, 2.45) is 5.10 Å². The third-order valence-electron chi connectivity index (χ3n) is 4.46. The molecule has 0 heterocycles. The van der Waals surface area contributed by atoms with Crippen molar-refractivity contribution in [3.63, 3.8) is 0 Å². The Morgan fingerprint density at radius 1 is 1.06 bits per heavy atom. The Balaban J connectivity index is 1.53. The van der Waals surface area contributed by atoms with Crippen molar-refractivity contribution in [2.75, 3.05) is 11.9 Å². The molecular formula is C24H21BrClN3O3. The van der Waals surface area contributed by atoms with E-state index in [0.717, 1.165) is 22.4 Å². The van der Waals surface area contributed by atoms with E-state index in [4.69, 9.17) is 16.3 Å². The molecule has 3 aromatic carbocycles. The van der Waals surface area contributed by atoms with Crippen LogP contribution < -0.4 is 15.5 Å². The molecule has 2 amide bonds. The largest absolute Gasteiger partial charge is 0.483 e. The van der Waals surface area contributed by atoms with Gasteiger partial charge in [0.1, 0.15) is 5.75 Å². The Morgan fingerprint density at radius 2 is 1.81 bits per heavy atom. The van der Waals surface area contributed by atoms with Crippen LogP contribution in [-0.2, 0) is 4.79 Å². The van der Waals surface area contributed by atoms with Gasteiger partial charge in [0.25, 0.3) is 11.8 Å². The molecule has 0 radical (unpaired) electrons. The van der Waals surface area contributed by atoms with Gasteiger partial charge in [-0.3, -0.25) is 9.59 Å². The number of hydrogen-bond donors (Lipinski definition) is 2. The zero-order chi connectivity index (χ0) is 23.1. The van der Waals surface area contributed by atoms with Gasteiger partial charge in [-0.2, -0.15) is 5.10 Å². The minimum Gasteiger partial charge on any atom is -0.483 e. The van der Waals surface area contributed by atoms with E-state index in [-0.39, 0.29) is 18.4 Å². The number of rotatable bonds is 7. The van der Waals surface area contributed by atoms with Gasteiger partial charge in [-0.05, 0) is 89.4 Å². The van der Waals surface area contributed by atoms with E-state index in [1.54, 1.807) is 42.5 Å².